The topological polar surface area (TPSA) is 24.9 Å². The monoisotopic (exact) mass is 288 g/mol. The number of fused-ring (bicyclic) bond motifs is 1. The van der Waals surface area contributed by atoms with Crippen molar-refractivity contribution >= 4 is 39.5 Å². The maximum Gasteiger partial charge on any atom is 0.0933 e. The average molecular weight is 289 g/mol. The van der Waals surface area contributed by atoms with Crippen molar-refractivity contribution in [2.24, 2.45) is 0 Å². The van der Waals surface area contributed by atoms with Gasteiger partial charge < -0.3 is 5.32 Å². The zero-order valence-electron chi connectivity index (χ0n) is 10.4. The van der Waals surface area contributed by atoms with Crippen LogP contribution in [0.4, 0.5) is 5.69 Å². The molecule has 96 valence electrons. The lowest BCUT2D eigenvalue weighted by Crippen LogP contribution is -2.06. The number of hydrogen-bond acceptors (Lipinski definition) is 3. The van der Waals surface area contributed by atoms with Crippen molar-refractivity contribution < 1.29 is 0 Å². The van der Waals surface area contributed by atoms with E-state index in [9.17, 15) is 0 Å². The van der Waals surface area contributed by atoms with Gasteiger partial charge in [0.25, 0.3) is 0 Å². The number of aromatic nitrogens is 1. The molecule has 2 nitrogen and oxygen atoms in total. The van der Waals surface area contributed by atoms with Gasteiger partial charge in [-0.1, -0.05) is 29.8 Å². The zero-order valence-corrected chi connectivity index (χ0v) is 12.0. The maximum atomic E-state index is 5.98. The summed E-state index contributed by atoms with van der Waals surface area (Å²) in [6.07, 6.45) is 1.82. The summed E-state index contributed by atoms with van der Waals surface area (Å²) in [6, 6.07) is 12.4. The number of anilines is 1. The van der Waals surface area contributed by atoms with E-state index in [1.165, 1.54) is 5.56 Å². The van der Waals surface area contributed by atoms with Crippen molar-refractivity contribution in [2.75, 3.05) is 5.32 Å². The van der Waals surface area contributed by atoms with Crippen molar-refractivity contribution in [1.82, 2.24) is 4.98 Å². The fraction of sp³-hybridized carbons (Fsp3) is 0.133. The Kier molecular flexibility index (Phi) is 3.40. The third-order valence-corrected chi connectivity index (χ3v) is 4.20. The van der Waals surface area contributed by atoms with Crippen LogP contribution in [0.1, 0.15) is 18.5 Å². The highest BCUT2D eigenvalue weighted by Gasteiger charge is 2.09. The number of thiophene rings is 1. The second-order valence-electron chi connectivity index (χ2n) is 4.43. The standard InChI is InChI=1S/C15H13ClN2S/c1-10(12-8-14(16)19-9-12)18-13-6-2-4-11-5-3-7-17-15(11)13/h2-10,18H,1H3. The lowest BCUT2D eigenvalue weighted by Gasteiger charge is -2.15. The Labute approximate surface area is 121 Å². The molecule has 0 spiro atoms. The van der Waals surface area contributed by atoms with E-state index in [-0.39, 0.29) is 6.04 Å². The molecule has 0 amide bonds. The first-order chi connectivity index (χ1) is 9.24. The van der Waals surface area contributed by atoms with Crippen LogP contribution in [0.25, 0.3) is 10.9 Å². The van der Waals surface area contributed by atoms with E-state index in [0.717, 1.165) is 20.9 Å². The molecule has 0 saturated heterocycles. The molecule has 3 aromatic rings. The van der Waals surface area contributed by atoms with Crippen molar-refractivity contribution in [3.63, 3.8) is 0 Å². The number of pyridine rings is 1. The van der Waals surface area contributed by atoms with Crippen molar-refractivity contribution in [1.29, 1.82) is 0 Å². The summed E-state index contributed by atoms with van der Waals surface area (Å²) in [7, 11) is 0. The molecule has 1 unspecified atom stereocenters. The Morgan fingerprint density at radius 3 is 2.89 bits per heavy atom. The highest BCUT2D eigenvalue weighted by molar-refractivity contribution is 7.14. The first-order valence-electron chi connectivity index (χ1n) is 6.08. The van der Waals surface area contributed by atoms with E-state index in [1.807, 2.05) is 24.4 Å². The third-order valence-electron chi connectivity index (χ3n) is 3.09. The molecule has 0 saturated carbocycles. The lowest BCUT2D eigenvalue weighted by atomic mass is 10.1. The van der Waals surface area contributed by atoms with E-state index in [2.05, 4.69) is 40.8 Å². The molecule has 0 bridgehead atoms. The van der Waals surface area contributed by atoms with E-state index >= 15 is 0 Å². The average Bonchev–Trinajstić information content (AvgIpc) is 2.86. The Bertz CT molecular complexity index is 703. The van der Waals surface area contributed by atoms with Crippen LogP contribution < -0.4 is 5.32 Å². The lowest BCUT2D eigenvalue weighted by molar-refractivity contribution is 0.892. The minimum atomic E-state index is 0.205. The largest absolute Gasteiger partial charge is 0.377 e. The van der Waals surface area contributed by atoms with Gasteiger partial charge in [0.15, 0.2) is 0 Å². The summed E-state index contributed by atoms with van der Waals surface area (Å²) < 4.78 is 0.819. The van der Waals surface area contributed by atoms with Crippen LogP contribution in [0, 0.1) is 0 Å². The van der Waals surface area contributed by atoms with Gasteiger partial charge in [-0.05, 0) is 36.1 Å². The predicted molar refractivity (Wildman–Crippen MR) is 83.1 cm³/mol. The molecule has 4 heteroatoms. The molecular weight excluding hydrogens is 276 g/mol. The van der Waals surface area contributed by atoms with E-state index in [0.29, 0.717) is 0 Å². The molecule has 3 rings (SSSR count). The second-order valence-corrected chi connectivity index (χ2v) is 5.97. The zero-order chi connectivity index (χ0) is 13.2. The Hall–Kier alpha value is -1.58. The molecular formula is C15H13ClN2S. The maximum absolute atomic E-state index is 5.98. The van der Waals surface area contributed by atoms with Crippen molar-refractivity contribution in [2.45, 2.75) is 13.0 Å². The number of nitrogens with one attached hydrogen (secondary N) is 1. The summed E-state index contributed by atoms with van der Waals surface area (Å²) in [5.74, 6) is 0. The van der Waals surface area contributed by atoms with Gasteiger partial charge in [0, 0.05) is 17.6 Å². The number of hydrogen-bond donors (Lipinski definition) is 1. The van der Waals surface area contributed by atoms with Crippen LogP contribution >= 0.6 is 22.9 Å². The second kappa shape index (κ2) is 5.19. The van der Waals surface area contributed by atoms with Gasteiger partial charge in [0.05, 0.1) is 15.5 Å². The quantitative estimate of drug-likeness (QED) is 0.723. The summed E-state index contributed by atoms with van der Waals surface area (Å²) in [4.78, 5) is 4.45. The van der Waals surface area contributed by atoms with Crippen LogP contribution in [0.3, 0.4) is 0 Å². The van der Waals surface area contributed by atoms with Crippen molar-refractivity contribution in [3.8, 4) is 0 Å². The molecule has 0 fully saturated rings. The van der Waals surface area contributed by atoms with E-state index in [4.69, 9.17) is 11.6 Å². The normalized spacial score (nSPS) is 12.5. The third kappa shape index (κ3) is 2.57. The highest BCUT2D eigenvalue weighted by atomic mass is 35.5. The highest BCUT2D eigenvalue weighted by Crippen LogP contribution is 2.29. The van der Waals surface area contributed by atoms with Gasteiger partial charge in [-0.25, -0.2) is 0 Å². The molecule has 2 aromatic heterocycles. The Morgan fingerprint density at radius 2 is 2.11 bits per heavy atom. The van der Waals surface area contributed by atoms with Crippen LogP contribution in [-0.4, -0.2) is 4.98 Å². The predicted octanol–water partition coefficient (Wildman–Crippen LogP) is 5.12. The number of benzene rings is 1. The SMILES string of the molecule is CC(Nc1cccc2cccnc12)c1csc(Cl)c1. The minimum Gasteiger partial charge on any atom is -0.377 e. The molecule has 1 atom stereocenters. The van der Waals surface area contributed by atoms with Gasteiger partial charge in [-0.3, -0.25) is 4.98 Å². The van der Waals surface area contributed by atoms with Gasteiger partial charge in [-0.15, -0.1) is 11.3 Å². The van der Waals surface area contributed by atoms with E-state index in [1.54, 1.807) is 11.3 Å². The fourth-order valence-electron chi connectivity index (χ4n) is 2.09. The molecule has 2 heterocycles. The number of rotatable bonds is 3. The molecule has 1 aromatic carbocycles. The van der Waals surface area contributed by atoms with Crippen LogP contribution in [0.2, 0.25) is 4.34 Å². The molecule has 0 aliphatic rings. The molecule has 19 heavy (non-hydrogen) atoms. The van der Waals surface area contributed by atoms with Crippen LogP contribution in [0.15, 0.2) is 48.0 Å². The Balaban J connectivity index is 1.93. The van der Waals surface area contributed by atoms with Gasteiger partial charge in [-0.2, -0.15) is 0 Å². The van der Waals surface area contributed by atoms with E-state index < -0.39 is 0 Å². The molecule has 1 N–H and O–H groups in total. The smallest absolute Gasteiger partial charge is 0.0933 e. The summed E-state index contributed by atoms with van der Waals surface area (Å²) in [6.45, 7) is 2.13. The van der Waals surface area contributed by atoms with Crippen molar-refractivity contribution in [3.05, 3.63) is 57.9 Å². The summed E-state index contributed by atoms with van der Waals surface area (Å²) >= 11 is 7.54. The molecule has 0 aliphatic heterocycles. The molecule has 0 radical (unpaired) electrons. The van der Waals surface area contributed by atoms with Crippen LogP contribution in [0.5, 0.6) is 0 Å². The number of para-hydroxylation sites is 1. The molecule has 0 aliphatic carbocycles. The summed E-state index contributed by atoms with van der Waals surface area (Å²) in [5, 5.41) is 6.72. The Morgan fingerprint density at radius 1 is 1.26 bits per heavy atom. The van der Waals surface area contributed by atoms with Crippen LogP contribution in [-0.2, 0) is 0 Å². The number of nitrogens with zero attached hydrogens (tertiary/aromatic N) is 1. The fourth-order valence-corrected chi connectivity index (χ4v) is 3.07. The summed E-state index contributed by atoms with van der Waals surface area (Å²) in [5.41, 5.74) is 3.24. The first-order valence-corrected chi connectivity index (χ1v) is 7.34. The number of halogens is 1. The van der Waals surface area contributed by atoms with Gasteiger partial charge >= 0.3 is 0 Å². The van der Waals surface area contributed by atoms with Gasteiger partial charge in [0.1, 0.15) is 0 Å². The minimum absolute atomic E-state index is 0.205. The first kappa shape index (κ1) is 12.5. The van der Waals surface area contributed by atoms with Gasteiger partial charge in [0.2, 0.25) is 0 Å².